The number of fused-ring (bicyclic) bond motifs is 9. The van der Waals surface area contributed by atoms with Gasteiger partial charge in [0.25, 0.3) is 6.71 Å². The number of ether oxygens (including phenoxy) is 1. The number of hydrogen-bond acceptors (Lipinski definition) is 4. The molecule has 0 amide bonds. The summed E-state index contributed by atoms with van der Waals surface area (Å²) < 4.78 is 13.7. The van der Waals surface area contributed by atoms with Crippen LogP contribution >= 0.6 is 0 Å². The molecule has 2 aliphatic rings. The molecule has 244 valence electrons. The number of benzene rings is 8. The fourth-order valence-electron chi connectivity index (χ4n) is 8.47. The zero-order valence-electron chi connectivity index (χ0n) is 28.5. The number of rotatable bonds is 4. The summed E-state index contributed by atoms with van der Waals surface area (Å²) in [6, 6.07) is 60.4. The molecule has 0 N–H and O–H groups in total. The molecule has 0 unspecified atom stereocenters. The van der Waals surface area contributed by atoms with E-state index in [0.29, 0.717) is 0 Å². The van der Waals surface area contributed by atoms with Gasteiger partial charge in [-0.15, -0.1) is 0 Å². The van der Waals surface area contributed by atoms with Crippen LogP contribution in [0.15, 0.2) is 174 Å². The van der Waals surface area contributed by atoms with Crippen LogP contribution in [-0.2, 0) is 0 Å². The Balaban J connectivity index is 1.08. The van der Waals surface area contributed by atoms with Crippen LogP contribution in [0.25, 0.3) is 32.7 Å². The molecule has 0 fully saturated rings. The van der Waals surface area contributed by atoms with E-state index in [2.05, 4.69) is 187 Å². The third-order valence-electron chi connectivity index (χ3n) is 10.7. The lowest BCUT2D eigenvalue weighted by molar-refractivity contribution is 0.487. The van der Waals surface area contributed by atoms with Gasteiger partial charge in [0.05, 0.1) is 0 Å². The third kappa shape index (κ3) is 4.29. The summed E-state index contributed by atoms with van der Waals surface area (Å²) >= 11 is 0. The molecule has 11 rings (SSSR count). The maximum atomic E-state index is 6.87. The average Bonchev–Trinajstić information content (AvgIpc) is 3.56. The quantitative estimate of drug-likeness (QED) is 0.175. The van der Waals surface area contributed by atoms with Crippen molar-refractivity contribution in [3.63, 3.8) is 0 Å². The van der Waals surface area contributed by atoms with Gasteiger partial charge in [-0.05, 0) is 125 Å². The van der Waals surface area contributed by atoms with Crippen LogP contribution < -0.4 is 30.9 Å². The van der Waals surface area contributed by atoms with Crippen LogP contribution in [-0.4, -0.2) is 6.71 Å². The second-order valence-corrected chi connectivity index (χ2v) is 13.8. The third-order valence-corrected chi connectivity index (χ3v) is 10.7. The molecule has 2 aliphatic heterocycles. The Kier molecular flexibility index (Phi) is 6.23. The predicted molar refractivity (Wildman–Crippen MR) is 217 cm³/mol. The van der Waals surface area contributed by atoms with Gasteiger partial charge in [-0.3, -0.25) is 0 Å². The zero-order chi connectivity index (χ0) is 34.3. The Morgan fingerprint density at radius 2 is 1.21 bits per heavy atom. The standard InChI is InChI=1S/C47H31BN2O2/c1-30-25-42-46-45(26-30)51-44-28-38-37-23-21-31-27-35(49(32-13-5-2-6-14-32)33-15-7-3-8-16-33)22-24-36(31)47(37)52-43(38)29-40(44)48(46)39-19-11-12-20-41(39)50(42)34-17-9-4-10-18-34/h2-29H,1H3. The first-order valence-corrected chi connectivity index (χ1v) is 17.8. The highest BCUT2D eigenvalue weighted by atomic mass is 16.5. The lowest BCUT2D eigenvalue weighted by Crippen LogP contribution is -2.59. The molecule has 9 aromatic rings. The number of nitrogens with zero attached hydrogens (tertiary/aromatic N) is 2. The summed E-state index contributed by atoms with van der Waals surface area (Å²) in [4.78, 5) is 4.67. The van der Waals surface area contributed by atoms with Crippen LogP contribution in [0, 0.1) is 6.92 Å². The zero-order valence-corrected chi connectivity index (χ0v) is 28.5. The summed E-state index contributed by atoms with van der Waals surface area (Å²) in [5, 5.41) is 4.35. The Morgan fingerprint density at radius 3 is 1.98 bits per heavy atom. The maximum Gasteiger partial charge on any atom is 0.256 e. The number of aryl methyl sites for hydroxylation is 1. The summed E-state index contributed by atoms with van der Waals surface area (Å²) in [6.07, 6.45) is 0. The lowest BCUT2D eigenvalue weighted by atomic mass is 9.34. The van der Waals surface area contributed by atoms with Crippen LogP contribution in [0.2, 0.25) is 0 Å². The van der Waals surface area contributed by atoms with Gasteiger partial charge in [0.1, 0.15) is 22.7 Å². The topological polar surface area (TPSA) is 28.9 Å². The minimum Gasteiger partial charge on any atom is -0.458 e. The fraction of sp³-hybridized carbons (Fsp3) is 0.0213. The van der Waals surface area contributed by atoms with E-state index < -0.39 is 0 Å². The van der Waals surface area contributed by atoms with Crippen LogP contribution in [0.4, 0.5) is 34.1 Å². The lowest BCUT2D eigenvalue weighted by Gasteiger charge is -2.40. The maximum absolute atomic E-state index is 6.87. The van der Waals surface area contributed by atoms with Gasteiger partial charge < -0.3 is 19.0 Å². The van der Waals surface area contributed by atoms with Crippen molar-refractivity contribution in [2.24, 2.45) is 0 Å². The molecule has 0 spiro atoms. The Hall–Kier alpha value is -6.72. The Morgan fingerprint density at radius 1 is 0.519 bits per heavy atom. The van der Waals surface area contributed by atoms with Crippen molar-refractivity contribution in [1.82, 2.24) is 0 Å². The number of anilines is 6. The van der Waals surface area contributed by atoms with Crippen LogP contribution in [0.5, 0.6) is 11.5 Å². The van der Waals surface area contributed by atoms with Crippen molar-refractivity contribution in [3.8, 4) is 11.5 Å². The molecule has 4 nitrogen and oxygen atoms in total. The second-order valence-electron chi connectivity index (χ2n) is 13.8. The van der Waals surface area contributed by atoms with Gasteiger partial charge in [0, 0.05) is 50.3 Å². The molecule has 1 aromatic heterocycles. The van der Waals surface area contributed by atoms with Gasteiger partial charge in [0.15, 0.2) is 0 Å². The average molecular weight is 667 g/mol. The number of para-hydroxylation sites is 4. The molecule has 3 heterocycles. The molecule has 5 heteroatoms. The van der Waals surface area contributed by atoms with E-state index >= 15 is 0 Å². The first kappa shape index (κ1) is 29.1. The highest BCUT2D eigenvalue weighted by Crippen LogP contribution is 2.44. The molecule has 8 aromatic carbocycles. The minimum absolute atomic E-state index is 0.00406. The summed E-state index contributed by atoms with van der Waals surface area (Å²) in [6.45, 7) is 2.15. The van der Waals surface area contributed by atoms with Crippen molar-refractivity contribution in [1.29, 1.82) is 0 Å². The Labute approximate surface area is 301 Å². The van der Waals surface area contributed by atoms with E-state index in [9.17, 15) is 0 Å². The summed E-state index contributed by atoms with van der Waals surface area (Å²) in [7, 11) is 0. The molecule has 52 heavy (non-hydrogen) atoms. The van der Waals surface area contributed by atoms with E-state index in [-0.39, 0.29) is 6.71 Å². The van der Waals surface area contributed by atoms with Crippen LogP contribution in [0.1, 0.15) is 5.56 Å². The fourth-order valence-corrected chi connectivity index (χ4v) is 8.47. The first-order chi connectivity index (χ1) is 25.7. The summed E-state index contributed by atoms with van der Waals surface area (Å²) in [5.74, 6) is 1.79. The van der Waals surface area contributed by atoms with E-state index in [1.54, 1.807) is 0 Å². The monoisotopic (exact) mass is 666 g/mol. The molecule has 0 atom stereocenters. The predicted octanol–water partition coefficient (Wildman–Crippen LogP) is 10.9. The molecule has 0 saturated carbocycles. The highest BCUT2D eigenvalue weighted by Gasteiger charge is 2.42. The molecular weight excluding hydrogens is 635 g/mol. The van der Waals surface area contributed by atoms with Crippen molar-refractivity contribution in [3.05, 3.63) is 175 Å². The minimum atomic E-state index is 0.00406. The molecule has 0 bridgehead atoms. The normalized spacial score (nSPS) is 12.8. The molecule has 0 radical (unpaired) electrons. The molecule has 0 aliphatic carbocycles. The van der Waals surface area contributed by atoms with Gasteiger partial charge in [-0.25, -0.2) is 0 Å². The van der Waals surface area contributed by atoms with Crippen molar-refractivity contribution in [2.45, 2.75) is 6.92 Å². The largest absolute Gasteiger partial charge is 0.458 e. The van der Waals surface area contributed by atoms with Gasteiger partial charge in [0.2, 0.25) is 0 Å². The van der Waals surface area contributed by atoms with E-state index in [1.807, 2.05) is 0 Å². The van der Waals surface area contributed by atoms with Gasteiger partial charge in [-0.2, -0.15) is 0 Å². The smallest absolute Gasteiger partial charge is 0.256 e. The SMILES string of the molecule is Cc1cc2c3c(c1)N(c1ccccc1)c1ccccc1B3c1cc3oc4c5ccc(N(c6ccccc6)c6ccccc6)cc5ccc4c3cc1O2. The number of furan rings is 1. The van der Waals surface area contributed by atoms with Crippen molar-refractivity contribution >= 4 is 89.9 Å². The van der Waals surface area contributed by atoms with Crippen molar-refractivity contribution < 1.29 is 9.15 Å². The molecule has 0 saturated heterocycles. The van der Waals surface area contributed by atoms with E-state index in [1.165, 1.54) is 16.6 Å². The van der Waals surface area contributed by atoms with E-state index in [4.69, 9.17) is 9.15 Å². The first-order valence-electron chi connectivity index (χ1n) is 17.8. The van der Waals surface area contributed by atoms with Gasteiger partial charge >= 0.3 is 0 Å². The summed E-state index contributed by atoms with van der Waals surface area (Å²) in [5.41, 5.74) is 13.3. The van der Waals surface area contributed by atoms with Gasteiger partial charge in [-0.1, -0.05) is 78.9 Å². The number of hydrogen-bond donors (Lipinski definition) is 0. The van der Waals surface area contributed by atoms with E-state index in [0.717, 1.165) is 83.7 Å². The molecular formula is C47H31BN2O2. The van der Waals surface area contributed by atoms with Crippen molar-refractivity contribution in [2.75, 3.05) is 9.80 Å². The Bertz CT molecular complexity index is 2810. The van der Waals surface area contributed by atoms with Crippen LogP contribution in [0.3, 0.4) is 0 Å². The second kappa shape index (κ2) is 11.1. The highest BCUT2D eigenvalue weighted by molar-refractivity contribution is 6.99.